The van der Waals surface area contributed by atoms with Gasteiger partial charge >= 0.3 is 11.9 Å². The van der Waals surface area contributed by atoms with Crippen molar-refractivity contribution in [1.29, 1.82) is 0 Å². The minimum absolute atomic E-state index is 0.0211. The summed E-state index contributed by atoms with van der Waals surface area (Å²) in [5, 5.41) is 0. The predicted molar refractivity (Wildman–Crippen MR) is 47.0 cm³/mol. The van der Waals surface area contributed by atoms with Crippen molar-refractivity contribution in [3.63, 3.8) is 0 Å². The summed E-state index contributed by atoms with van der Waals surface area (Å²) < 4.78 is 9.69. The molecule has 0 aromatic carbocycles. The van der Waals surface area contributed by atoms with Crippen LogP contribution in [-0.4, -0.2) is 24.6 Å². The van der Waals surface area contributed by atoms with E-state index in [2.05, 4.69) is 0 Å². The number of carbonyl (C=O) groups is 2. The maximum absolute atomic E-state index is 10.6. The number of hydrogen-bond acceptors (Lipinski definition) is 4. The Labute approximate surface area is 78.2 Å². The second-order valence-electron chi connectivity index (χ2n) is 3.09. The molecular weight excluding hydrogens is 172 g/mol. The van der Waals surface area contributed by atoms with E-state index in [1.165, 1.54) is 13.8 Å². The molecule has 0 aromatic rings. The summed E-state index contributed by atoms with van der Waals surface area (Å²) in [4.78, 5) is 21.0. The third-order valence-electron chi connectivity index (χ3n) is 1.70. The minimum atomic E-state index is -0.318. The van der Waals surface area contributed by atoms with Gasteiger partial charge in [-0.05, 0) is 6.92 Å². The quantitative estimate of drug-likeness (QED) is 0.621. The summed E-state index contributed by atoms with van der Waals surface area (Å²) in [6.07, 6.45) is -0.225. The van der Waals surface area contributed by atoms with E-state index in [-0.39, 0.29) is 30.6 Å². The average molecular weight is 188 g/mol. The third kappa shape index (κ3) is 6.13. The van der Waals surface area contributed by atoms with Crippen LogP contribution >= 0.6 is 0 Å². The second-order valence-corrected chi connectivity index (χ2v) is 3.09. The Morgan fingerprint density at radius 1 is 1.15 bits per heavy atom. The highest BCUT2D eigenvalue weighted by Crippen LogP contribution is 2.07. The number of hydrogen-bond donors (Lipinski definition) is 0. The highest BCUT2D eigenvalue weighted by atomic mass is 16.6. The van der Waals surface area contributed by atoms with Gasteiger partial charge in [-0.25, -0.2) is 0 Å². The zero-order valence-corrected chi connectivity index (χ0v) is 8.49. The van der Waals surface area contributed by atoms with E-state index in [9.17, 15) is 9.59 Å². The first kappa shape index (κ1) is 11.9. The Balaban J connectivity index is 3.75. The van der Waals surface area contributed by atoms with Gasteiger partial charge in [0.15, 0.2) is 0 Å². The van der Waals surface area contributed by atoms with Crippen LogP contribution in [-0.2, 0) is 19.1 Å². The van der Waals surface area contributed by atoms with Crippen LogP contribution in [0.25, 0.3) is 0 Å². The van der Waals surface area contributed by atoms with Gasteiger partial charge in [0.1, 0.15) is 6.10 Å². The summed E-state index contributed by atoms with van der Waals surface area (Å²) in [5.74, 6) is -0.614. The zero-order valence-electron chi connectivity index (χ0n) is 8.49. The molecule has 1 unspecified atom stereocenters. The average Bonchev–Trinajstić information content (AvgIpc) is 1.98. The first-order valence-corrected chi connectivity index (χ1v) is 4.24. The van der Waals surface area contributed by atoms with Crippen molar-refractivity contribution < 1.29 is 19.1 Å². The molecule has 13 heavy (non-hydrogen) atoms. The Hall–Kier alpha value is -1.06. The van der Waals surface area contributed by atoms with Gasteiger partial charge in [-0.1, -0.05) is 6.92 Å². The molecule has 76 valence electrons. The molecule has 0 aliphatic rings. The molecule has 0 N–H and O–H groups in total. The van der Waals surface area contributed by atoms with Gasteiger partial charge in [0, 0.05) is 19.8 Å². The number of rotatable bonds is 4. The molecule has 4 nitrogen and oxygen atoms in total. The molecular formula is C9H16O4. The van der Waals surface area contributed by atoms with E-state index >= 15 is 0 Å². The Morgan fingerprint density at radius 3 is 2.08 bits per heavy atom. The second kappa shape index (κ2) is 5.56. The highest BCUT2D eigenvalue weighted by Gasteiger charge is 2.15. The molecule has 0 radical (unpaired) electrons. The Morgan fingerprint density at radius 2 is 1.69 bits per heavy atom. The molecule has 0 aliphatic heterocycles. The summed E-state index contributed by atoms with van der Waals surface area (Å²) in [5.41, 5.74) is 0. The van der Waals surface area contributed by atoms with Crippen molar-refractivity contribution in [2.24, 2.45) is 5.92 Å². The Kier molecular flexibility index (Phi) is 5.11. The maximum Gasteiger partial charge on any atom is 0.302 e. The molecule has 0 aromatic heterocycles. The molecule has 0 saturated heterocycles. The Bertz CT molecular complexity index is 188. The molecule has 0 aliphatic carbocycles. The van der Waals surface area contributed by atoms with Gasteiger partial charge < -0.3 is 9.47 Å². The normalized spacial score (nSPS) is 14.5. The van der Waals surface area contributed by atoms with E-state index in [1.807, 2.05) is 6.92 Å². The lowest BCUT2D eigenvalue weighted by Gasteiger charge is -2.18. The van der Waals surface area contributed by atoms with E-state index in [4.69, 9.17) is 9.47 Å². The molecule has 0 fully saturated rings. The molecule has 0 saturated carbocycles. The van der Waals surface area contributed by atoms with E-state index in [0.717, 1.165) is 0 Å². The van der Waals surface area contributed by atoms with Crippen molar-refractivity contribution in [1.82, 2.24) is 0 Å². The molecule has 0 bridgehead atoms. The van der Waals surface area contributed by atoms with Crippen molar-refractivity contribution >= 4 is 11.9 Å². The minimum Gasteiger partial charge on any atom is -0.465 e. The largest absolute Gasteiger partial charge is 0.465 e. The van der Waals surface area contributed by atoms with Crippen molar-refractivity contribution in [2.75, 3.05) is 6.61 Å². The third-order valence-corrected chi connectivity index (χ3v) is 1.70. The van der Waals surface area contributed by atoms with Crippen LogP contribution in [0.1, 0.15) is 27.7 Å². The van der Waals surface area contributed by atoms with Crippen molar-refractivity contribution in [2.45, 2.75) is 33.8 Å². The molecule has 0 amide bonds. The zero-order chi connectivity index (χ0) is 10.4. The first-order chi connectivity index (χ1) is 5.93. The summed E-state index contributed by atoms with van der Waals surface area (Å²) in [7, 11) is 0. The molecule has 0 rings (SSSR count). The predicted octanol–water partition coefficient (Wildman–Crippen LogP) is 1.14. The lowest BCUT2D eigenvalue weighted by molar-refractivity contribution is -0.151. The van der Waals surface area contributed by atoms with Crippen molar-refractivity contribution in [3.8, 4) is 0 Å². The van der Waals surface area contributed by atoms with Crippen LogP contribution in [0.15, 0.2) is 0 Å². The van der Waals surface area contributed by atoms with E-state index in [1.54, 1.807) is 6.92 Å². The lowest BCUT2D eigenvalue weighted by atomic mass is 10.1. The SMILES string of the molecule is CC(=O)OCC(C)[C@@H](C)OC(C)=O. The van der Waals surface area contributed by atoms with Gasteiger partial charge in [-0.15, -0.1) is 0 Å². The van der Waals surface area contributed by atoms with Crippen LogP contribution in [0.4, 0.5) is 0 Å². The topological polar surface area (TPSA) is 52.6 Å². The highest BCUT2D eigenvalue weighted by molar-refractivity contribution is 5.66. The van der Waals surface area contributed by atoms with E-state index in [0.29, 0.717) is 0 Å². The van der Waals surface area contributed by atoms with Gasteiger partial charge in [0.25, 0.3) is 0 Å². The molecule has 2 atom stereocenters. The summed E-state index contributed by atoms with van der Waals surface area (Å²) >= 11 is 0. The van der Waals surface area contributed by atoms with Crippen LogP contribution in [0, 0.1) is 5.92 Å². The fourth-order valence-electron chi connectivity index (χ4n) is 0.762. The number of ether oxygens (including phenoxy) is 2. The number of esters is 2. The fraction of sp³-hybridized carbons (Fsp3) is 0.778. The lowest BCUT2D eigenvalue weighted by Crippen LogP contribution is -2.25. The van der Waals surface area contributed by atoms with Gasteiger partial charge in [-0.3, -0.25) is 9.59 Å². The smallest absolute Gasteiger partial charge is 0.302 e. The first-order valence-electron chi connectivity index (χ1n) is 4.24. The standard InChI is InChI=1S/C9H16O4/c1-6(5-12-8(3)10)7(2)13-9(4)11/h6-7H,5H2,1-4H3/t6?,7-/m1/s1. The van der Waals surface area contributed by atoms with Crippen LogP contribution in [0.5, 0.6) is 0 Å². The van der Waals surface area contributed by atoms with Crippen LogP contribution in [0.2, 0.25) is 0 Å². The van der Waals surface area contributed by atoms with Gasteiger partial charge in [0.2, 0.25) is 0 Å². The van der Waals surface area contributed by atoms with Crippen LogP contribution < -0.4 is 0 Å². The fourth-order valence-corrected chi connectivity index (χ4v) is 0.762. The number of carbonyl (C=O) groups excluding carboxylic acids is 2. The van der Waals surface area contributed by atoms with Gasteiger partial charge in [0.05, 0.1) is 6.61 Å². The monoisotopic (exact) mass is 188 g/mol. The molecule has 0 heterocycles. The molecule has 4 heteroatoms. The van der Waals surface area contributed by atoms with Gasteiger partial charge in [-0.2, -0.15) is 0 Å². The summed E-state index contributed by atoms with van der Waals surface area (Å²) in [6.45, 7) is 6.62. The van der Waals surface area contributed by atoms with Crippen LogP contribution in [0.3, 0.4) is 0 Å². The summed E-state index contributed by atoms with van der Waals surface area (Å²) in [6, 6.07) is 0. The molecule has 0 spiro atoms. The van der Waals surface area contributed by atoms with Crippen molar-refractivity contribution in [3.05, 3.63) is 0 Å². The van der Waals surface area contributed by atoms with E-state index < -0.39 is 0 Å². The maximum atomic E-state index is 10.6.